The van der Waals surface area contributed by atoms with E-state index in [1.165, 1.54) is 12.3 Å². The fourth-order valence-electron chi connectivity index (χ4n) is 4.27. The van der Waals surface area contributed by atoms with Crippen molar-refractivity contribution in [3.63, 3.8) is 0 Å². The van der Waals surface area contributed by atoms with Crippen molar-refractivity contribution in [2.75, 3.05) is 26.3 Å². The van der Waals surface area contributed by atoms with Gasteiger partial charge in [-0.2, -0.15) is 5.10 Å². The normalized spacial score (nSPS) is 20.5. The van der Waals surface area contributed by atoms with Crippen molar-refractivity contribution >= 4 is 28.5 Å². The third-order valence-electron chi connectivity index (χ3n) is 6.08. The maximum atomic E-state index is 15.2. The van der Waals surface area contributed by atoms with Gasteiger partial charge in [0.15, 0.2) is 0 Å². The Morgan fingerprint density at radius 3 is 2.70 bits per heavy atom. The fourth-order valence-corrected chi connectivity index (χ4v) is 4.50. The monoisotopic (exact) mass is 442 g/mol. The first-order valence-corrected chi connectivity index (χ1v) is 10.6. The van der Waals surface area contributed by atoms with E-state index in [2.05, 4.69) is 15.5 Å². The SMILES string of the molecule is O=C(NC1CCOCC1)N1CCC(C(F)(F)C(O)c2cc(Cl)cc3cn[nH]c23)CC1. The number of rotatable bonds is 4. The number of H-pyrrole nitrogens is 1. The smallest absolute Gasteiger partial charge is 0.317 e. The largest absolute Gasteiger partial charge is 0.382 e. The number of nitrogens with one attached hydrogen (secondary N) is 2. The molecule has 1 unspecified atom stereocenters. The Morgan fingerprint density at radius 1 is 1.30 bits per heavy atom. The number of amides is 2. The van der Waals surface area contributed by atoms with Crippen LogP contribution in [0.2, 0.25) is 5.02 Å². The number of carbonyl (C=O) groups is 1. The Bertz CT molecular complexity index is 895. The third-order valence-corrected chi connectivity index (χ3v) is 6.30. The minimum absolute atomic E-state index is 0.0275. The molecule has 0 saturated carbocycles. The molecular formula is C20H25ClF2N4O3. The summed E-state index contributed by atoms with van der Waals surface area (Å²) in [4.78, 5) is 14.0. The zero-order chi connectivity index (χ0) is 21.3. The highest BCUT2D eigenvalue weighted by Crippen LogP contribution is 2.44. The van der Waals surface area contributed by atoms with Crippen LogP contribution in [0.1, 0.15) is 37.4 Å². The second-order valence-corrected chi connectivity index (χ2v) is 8.44. The van der Waals surface area contributed by atoms with E-state index in [-0.39, 0.29) is 48.6 Å². The molecule has 2 fully saturated rings. The summed E-state index contributed by atoms with van der Waals surface area (Å²) in [5, 5.41) is 20.9. The highest BCUT2D eigenvalue weighted by atomic mass is 35.5. The molecule has 0 radical (unpaired) electrons. The lowest BCUT2D eigenvalue weighted by Gasteiger charge is -2.38. The van der Waals surface area contributed by atoms with Gasteiger partial charge in [0, 0.05) is 54.2 Å². The molecule has 2 aliphatic rings. The molecule has 0 aliphatic carbocycles. The Hall–Kier alpha value is -1.97. The highest BCUT2D eigenvalue weighted by Gasteiger charge is 2.49. The van der Waals surface area contributed by atoms with Gasteiger partial charge in [-0.1, -0.05) is 11.6 Å². The Morgan fingerprint density at radius 2 is 2.00 bits per heavy atom. The summed E-state index contributed by atoms with van der Waals surface area (Å²) in [7, 11) is 0. The number of hydrogen-bond acceptors (Lipinski definition) is 4. The summed E-state index contributed by atoms with van der Waals surface area (Å²) in [6.07, 6.45) is 1.19. The van der Waals surface area contributed by atoms with Gasteiger partial charge >= 0.3 is 6.03 Å². The number of urea groups is 1. The zero-order valence-corrected chi connectivity index (χ0v) is 17.2. The number of fused-ring (bicyclic) bond motifs is 1. The van der Waals surface area contributed by atoms with Crippen molar-refractivity contribution in [2.24, 2.45) is 5.92 Å². The Balaban J connectivity index is 1.40. The topological polar surface area (TPSA) is 90.5 Å². The number of piperidine rings is 1. The number of aliphatic hydroxyl groups is 1. The lowest BCUT2D eigenvalue weighted by Crippen LogP contribution is -2.51. The summed E-state index contributed by atoms with van der Waals surface area (Å²) < 4.78 is 35.7. The molecule has 1 aromatic carbocycles. The summed E-state index contributed by atoms with van der Waals surface area (Å²) in [5.41, 5.74) is 0.375. The van der Waals surface area contributed by atoms with E-state index in [1.807, 2.05) is 0 Å². The van der Waals surface area contributed by atoms with Gasteiger partial charge in [0.05, 0.1) is 11.7 Å². The van der Waals surface area contributed by atoms with E-state index in [0.29, 0.717) is 24.1 Å². The fraction of sp³-hybridized carbons (Fsp3) is 0.600. The summed E-state index contributed by atoms with van der Waals surface area (Å²) in [6.45, 7) is 1.67. The van der Waals surface area contributed by atoms with Gasteiger partial charge in [-0.3, -0.25) is 5.10 Å². The highest BCUT2D eigenvalue weighted by molar-refractivity contribution is 6.31. The molecular weight excluding hydrogens is 418 g/mol. The molecule has 30 heavy (non-hydrogen) atoms. The first-order chi connectivity index (χ1) is 14.4. The molecule has 0 bridgehead atoms. The van der Waals surface area contributed by atoms with E-state index in [9.17, 15) is 9.90 Å². The van der Waals surface area contributed by atoms with Crippen LogP contribution >= 0.6 is 11.6 Å². The van der Waals surface area contributed by atoms with Crippen molar-refractivity contribution in [1.29, 1.82) is 0 Å². The van der Waals surface area contributed by atoms with Gasteiger partial charge in [-0.15, -0.1) is 0 Å². The van der Waals surface area contributed by atoms with Crippen LogP contribution in [0.5, 0.6) is 0 Å². The van der Waals surface area contributed by atoms with E-state index in [0.717, 1.165) is 12.8 Å². The van der Waals surface area contributed by atoms with Crippen LogP contribution in [0.25, 0.3) is 10.9 Å². The van der Waals surface area contributed by atoms with Crippen molar-refractivity contribution in [3.05, 3.63) is 28.9 Å². The second kappa shape index (κ2) is 8.64. The van der Waals surface area contributed by atoms with Crippen LogP contribution in [0, 0.1) is 5.92 Å². The number of carbonyl (C=O) groups excluding carboxylic acids is 1. The van der Waals surface area contributed by atoms with Gasteiger partial charge in [0.2, 0.25) is 0 Å². The van der Waals surface area contributed by atoms with Crippen molar-refractivity contribution < 1.29 is 23.4 Å². The molecule has 3 heterocycles. The molecule has 1 aromatic heterocycles. The van der Waals surface area contributed by atoms with Gasteiger partial charge in [0.25, 0.3) is 5.92 Å². The number of alkyl halides is 2. The van der Waals surface area contributed by atoms with Crippen LogP contribution in [0.15, 0.2) is 18.3 Å². The maximum Gasteiger partial charge on any atom is 0.317 e. The Labute approximate surface area is 177 Å². The van der Waals surface area contributed by atoms with Crippen LogP contribution in [-0.4, -0.2) is 64.5 Å². The quantitative estimate of drug-likeness (QED) is 0.676. The number of aliphatic hydroxyl groups excluding tert-OH is 1. The first kappa shape index (κ1) is 21.3. The minimum Gasteiger partial charge on any atom is -0.382 e. The number of benzene rings is 1. The molecule has 2 aliphatic heterocycles. The van der Waals surface area contributed by atoms with Crippen molar-refractivity contribution in [2.45, 2.75) is 43.8 Å². The lowest BCUT2D eigenvalue weighted by atomic mass is 9.85. The molecule has 0 spiro atoms. The minimum atomic E-state index is -3.37. The average Bonchev–Trinajstić information content (AvgIpc) is 3.21. The number of ether oxygens (including phenoxy) is 1. The lowest BCUT2D eigenvalue weighted by molar-refractivity contribution is -0.159. The van der Waals surface area contributed by atoms with Crippen LogP contribution < -0.4 is 5.32 Å². The standard InChI is InChI=1S/C20H25ClF2N4O3/c21-14-9-12-11-24-26-17(12)16(10-14)18(28)20(22,23)13-1-5-27(6-2-13)19(29)25-15-3-7-30-8-4-15/h9-11,13,15,18,28H,1-8H2,(H,24,26)(H,25,29). The van der Waals surface area contributed by atoms with E-state index in [1.54, 1.807) is 11.0 Å². The molecule has 2 amide bonds. The van der Waals surface area contributed by atoms with Gasteiger partial charge in [-0.25, -0.2) is 13.6 Å². The summed E-state index contributed by atoms with van der Waals surface area (Å²) in [6, 6.07) is 2.78. The molecule has 2 saturated heterocycles. The van der Waals surface area contributed by atoms with Gasteiger partial charge < -0.3 is 20.1 Å². The van der Waals surface area contributed by atoms with E-state index >= 15 is 8.78 Å². The van der Waals surface area contributed by atoms with E-state index in [4.69, 9.17) is 16.3 Å². The van der Waals surface area contributed by atoms with Crippen molar-refractivity contribution in [1.82, 2.24) is 20.4 Å². The third kappa shape index (κ3) is 4.24. The number of likely N-dealkylation sites (tertiary alicyclic amines) is 1. The summed E-state index contributed by atoms with van der Waals surface area (Å²) in [5.74, 6) is -4.41. The van der Waals surface area contributed by atoms with Crippen molar-refractivity contribution in [3.8, 4) is 0 Å². The molecule has 3 N–H and O–H groups in total. The number of nitrogens with zero attached hydrogens (tertiary/aromatic N) is 2. The van der Waals surface area contributed by atoms with Crippen LogP contribution in [0.3, 0.4) is 0 Å². The number of aromatic nitrogens is 2. The number of halogens is 3. The van der Waals surface area contributed by atoms with Crippen LogP contribution in [-0.2, 0) is 4.74 Å². The summed E-state index contributed by atoms with van der Waals surface area (Å²) >= 11 is 6.04. The van der Waals surface area contributed by atoms with Crippen LogP contribution in [0.4, 0.5) is 13.6 Å². The first-order valence-electron chi connectivity index (χ1n) is 10.2. The predicted octanol–water partition coefficient (Wildman–Crippen LogP) is 3.49. The Kier molecular flexibility index (Phi) is 6.13. The molecule has 2 aromatic rings. The zero-order valence-electron chi connectivity index (χ0n) is 16.4. The van der Waals surface area contributed by atoms with Gasteiger partial charge in [-0.05, 0) is 37.8 Å². The molecule has 164 valence electrons. The maximum absolute atomic E-state index is 15.2. The van der Waals surface area contributed by atoms with Gasteiger partial charge in [0.1, 0.15) is 6.10 Å². The molecule has 10 heteroatoms. The second-order valence-electron chi connectivity index (χ2n) is 8.00. The van der Waals surface area contributed by atoms with E-state index < -0.39 is 17.9 Å². The number of aromatic amines is 1. The molecule has 4 rings (SSSR count). The molecule has 1 atom stereocenters. The number of hydrogen-bond donors (Lipinski definition) is 3. The predicted molar refractivity (Wildman–Crippen MR) is 108 cm³/mol. The molecule has 7 nitrogen and oxygen atoms in total. The average molecular weight is 443 g/mol.